The topological polar surface area (TPSA) is 58.3 Å². The Morgan fingerprint density at radius 2 is 2.18 bits per heavy atom. The monoisotopic (exact) mass is 156 g/mol. The third-order valence-electron chi connectivity index (χ3n) is 1.48. The number of imidazole rings is 1. The maximum absolute atomic E-state index is 8.62. The third-order valence-corrected chi connectivity index (χ3v) is 1.48. The molecular formula is C7H12N2O2. The second-order valence-electron chi connectivity index (χ2n) is 2.23. The summed E-state index contributed by atoms with van der Waals surface area (Å²) in [5.74, 6) is 0.821. The molecule has 0 saturated carbocycles. The van der Waals surface area contributed by atoms with Crippen LogP contribution in [0.5, 0.6) is 0 Å². The van der Waals surface area contributed by atoms with Gasteiger partial charge >= 0.3 is 0 Å². The van der Waals surface area contributed by atoms with E-state index >= 15 is 0 Å². The van der Waals surface area contributed by atoms with Crippen molar-refractivity contribution in [3.8, 4) is 0 Å². The van der Waals surface area contributed by atoms with E-state index in [9.17, 15) is 0 Å². The van der Waals surface area contributed by atoms with Gasteiger partial charge in [0, 0.05) is 25.4 Å². The lowest BCUT2D eigenvalue weighted by atomic mass is 10.4. The van der Waals surface area contributed by atoms with E-state index in [1.54, 1.807) is 12.4 Å². The van der Waals surface area contributed by atoms with Gasteiger partial charge in [-0.15, -0.1) is 0 Å². The fraction of sp³-hybridized carbons (Fsp3) is 0.571. The lowest BCUT2D eigenvalue weighted by molar-refractivity contribution is 0.268. The summed E-state index contributed by atoms with van der Waals surface area (Å²) in [5, 5.41) is 17.2. The summed E-state index contributed by atoms with van der Waals surface area (Å²) in [6.45, 7) is 0.757. The van der Waals surface area contributed by atoms with E-state index < -0.39 is 0 Å². The summed E-state index contributed by atoms with van der Waals surface area (Å²) in [6, 6.07) is 0. The van der Waals surface area contributed by atoms with Gasteiger partial charge in [0.25, 0.3) is 0 Å². The van der Waals surface area contributed by atoms with E-state index in [0.29, 0.717) is 13.0 Å². The predicted molar refractivity (Wildman–Crippen MR) is 40.1 cm³/mol. The van der Waals surface area contributed by atoms with Crippen molar-refractivity contribution >= 4 is 0 Å². The van der Waals surface area contributed by atoms with Crippen LogP contribution in [0.4, 0.5) is 0 Å². The molecule has 0 amide bonds. The van der Waals surface area contributed by atoms with Gasteiger partial charge in [0.1, 0.15) is 5.82 Å². The van der Waals surface area contributed by atoms with Crippen LogP contribution in [0.15, 0.2) is 12.4 Å². The minimum atomic E-state index is 0.0996. The summed E-state index contributed by atoms with van der Waals surface area (Å²) in [7, 11) is 0. The van der Waals surface area contributed by atoms with Crippen molar-refractivity contribution in [2.45, 2.75) is 13.0 Å². The highest BCUT2D eigenvalue weighted by Crippen LogP contribution is 1.97. The molecule has 0 aliphatic carbocycles. The molecule has 1 aromatic heterocycles. The molecule has 1 rings (SSSR count). The molecule has 1 aromatic rings. The van der Waals surface area contributed by atoms with E-state index in [1.165, 1.54) is 0 Å². The molecule has 0 aliphatic rings. The Morgan fingerprint density at radius 3 is 2.82 bits per heavy atom. The Hall–Kier alpha value is -0.870. The fourth-order valence-electron chi connectivity index (χ4n) is 0.980. The van der Waals surface area contributed by atoms with Crippen molar-refractivity contribution in [2.24, 2.45) is 0 Å². The van der Waals surface area contributed by atoms with Gasteiger partial charge in [-0.1, -0.05) is 0 Å². The van der Waals surface area contributed by atoms with Crippen molar-refractivity contribution in [1.82, 2.24) is 9.55 Å². The Labute approximate surface area is 65.1 Å². The number of aliphatic hydroxyl groups is 2. The first-order chi connectivity index (χ1) is 5.38. The quantitative estimate of drug-likeness (QED) is 0.612. The minimum absolute atomic E-state index is 0.0996. The zero-order valence-electron chi connectivity index (χ0n) is 6.27. The van der Waals surface area contributed by atoms with Crippen LogP contribution in [0.25, 0.3) is 0 Å². The van der Waals surface area contributed by atoms with Gasteiger partial charge in [0.15, 0.2) is 0 Å². The normalized spacial score (nSPS) is 10.4. The third kappa shape index (κ3) is 2.03. The summed E-state index contributed by atoms with van der Waals surface area (Å²) < 4.78 is 1.83. The number of aliphatic hydroxyl groups excluding tert-OH is 2. The van der Waals surface area contributed by atoms with Gasteiger partial charge in [-0.3, -0.25) is 0 Å². The van der Waals surface area contributed by atoms with E-state index in [1.807, 2.05) is 4.57 Å². The first-order valence-electron chi connectivity index (χ1n) is 3.60. The van der Waals surface area contributed by atoms with Crippen LogP contribution in [-0.2, 0) is 13.0 Å². The molecule has 4 nitrogen and oxygen atoms in total. The molecule has 0 radical (unpaired) electrons. The maximum atomic E-state index is 8.62. The van der Waals surface area contributed by atoms with Crippen molar-refractivity contribution in [3.05, 3.63) is 18.2 Å². The van der Waals surface area contributed by atoms with E-state index in [4.69, 9.17) is 10.2 Å². The molecule has 0 aromatic carbocycles. The van der Waals surface area contributed by atoms with Crippen molar-refractivity contribution in [1.29, 1.82) is 0 Å². The zero-order valence-corrected chi connectivity index (χ0v) is 6.27. The number of nitrogens with zero attached hydrogens (tertiary/aromatic N) is 2. The van der Waals surface area contributed by atoms with Gasteiger partial charge in [0.05, 0.1) is 13.2 Å². The number of hydrogen-bond acceptors (Lipinski definition) is 3. The summed E-state index contributed by atoms with van der Waals surface area (Å²) in [4.78, 5) is 4.02. The minimum Gasteiger partial charge on any atom is -0.396 e. The van der Waals surface area contributed by atoms with Gasteiger partial charge in [-0.2, -0.15) is 0 Å². The van der Waals surface area contributed by atoms with Gasteiger partial charge in [-0.05, 0) is 0 Å². The highest BCUT2D eigenvalue weighted by molar-refractivity contribution is 4.92. The van der Waals surface area contributed by atoms with Gasteiger partial charge < -0.3 is 14.8 Å². The Bertz CT molecular complexity index is 189. The lowest BCUT2D eigenvalue weighted by Gasteiger charge is -2.02. The zero-order chi connectivity index (χ0) is 8.10. The lowest BCUT2D eigenvalue weighted by Crippen LogP contribution is -2.07. The molecule has 0 unspecified atom stereocenters. The highest BCUT2D eigenvalue weighted by Gasteiger charge is 1.99. The second-order valence-corrected chi connectivity index (χ2v) is 2.23. The number of aromatic nitrogens is 2. The predicted octanol–water partition coefficient (Wildman–Crippen LogP) is -0.590. The average Bonchev–Trinajstić information content (AvgIpc) is 2.39. The molecule has 1 heterocycles. The SMILES string of the molecule is OCCc1nccn1CCO. The van der Waals surface area contributed by atoms with Crippen molar-refractivity contribution in [2.75, 3.05) is 13.2 Å². The molecule has 0 aliphatic heterocycles. The Morgan fingerprint density at radius 1 is 1.36 bits per heavy atom. The van der Waals surface area contributed by atoms with Crippen LogP contribution in [0.2, 0.25) is 0 Å². The molecule has 2 N–H and O–H groups in total. The molecule has 0 bridgehead atoms. The van der Waals surface area contributed by atoms with Crippen LogP contribution < -0.4 is 0 Å². The molecule has 0 fully saturated rings. The molecule has 4 heteroatoms. The van der Waals surface area contributed by atoms with Gasteiger partial charge in [0.2, 0.25) is 0 Å². The average molecular weight is 156 g/mol. The molecular weight excluding hydrogens is 144 g/mol. The Kier molecular flexibility index (Phi) is 3.07. The summed E-state index contributed by atoms with van der Waals surface area (Å²) in [6.07, 6.45) is 4.01. The molecule has 0 saturated heterocycles. The second kappa shape index (κ2) is 4.10. The maximum Gasteiger partial charge on any atom is 0.111 e. The summed E-state index contributed by atoms with van der Waals surface area (Å²) in [5.41, 5.74) is 0. The molecule has 0 atom stereocenters. The van der Waals surface area contributed by atoms with Crippen LogP contribution in [0.3, 0.4) is 0 Å². The van der Waals surface area contributed by atoms with Crippen LogP contribution in [0.1, 0.15) is 5.82 Å². The van der Waals surface area contributed by atoms with E-state index in [0.717, 1.165) is 5.82 Å². The van der Waals surface area contributed by atoms with Crippen molar-refractivity contribution in [3.63, 3.8) is 0 Å². The first-order valence-corrected chi connectivity index (χ1v) is 3.60. The summed E-state index contributed by atoms with van der Waals surface area (Å²) >= 11 is 0. The first kappa shape index (κ1) is 8.23. The van der Waals surface area contributed by atoms with Crippen molar-refractivity contribution < 1.29 is 10.2 Å². The van der Waals surface area contributed by atoms with E-state index in [2.05, 4.69) is 4.98 Å². The molecule has 11 heavy (non-hydrogen) atoms. The molecule has 0 spiro atoms. The smallest absolute Gasteiger partial charge is 0.111 e. The largest absolute Gasteiger partial charge is 0.396 e. The number of rotatable bonds is 4. The fourth-order valence-corrected chi connectivity index (χ4v) is 0.980. The van der Waals surface area contributed by atoms with E-state index in [-0.39, 0.29) is 13.2 Å². The van der Waals surface area contributed by atoms with Gasteiger partial charge in [-0.25, -0.2) is 4.98 Å². The number of hydrogen-bond donors (Lipinski definition) is 2. The van der Waals surface area contributed by atoms with Crippen LogP contribution >= 0.6 is 0 Å². The van der Waals surface area contributed by atoms with Crippen LogP contribution in [0, 0.1) is 0 Å². The molecule has 62 valence electrons. The highest BCUT2D eigenvalue weighted by atomic mass is 16.3. The Balaban J connectivity index is 2.62. The van der Waals surface area contributed by atoms with Crippen LogP contribution in [-0.4, -0.2) is 33.0 Å². The standard InChI is InChI=1S/C7H12N2O2/c10-5-1-7-8-2-3-9(7)4-6-11/h2-3,10-11H,1,4-6H2.